The maximum atomic E-state index is 7.86. The van der Waals surface area contributed by atoms with Gasteiger partial charge in [-0.1, -0.05) is 11.6 Å². The summed E-state index contributed by atoms with van der Waals surface area (Å²) < 4.78 is 7.13. The minimum absolute atomic E-state index is 0.315. The first-order valence-corrected chi connectivity index (χ1v) is 12.2. The standard InChI is InChI=1S/C23H29ClN10O/c1-2-27-21-22-28-13-17(12-26)34(22)31-23(30-21)29-18-9-15(11-25)10-19(20(18)24)33-6-4-32(5-7-33)16-3-8-35-14-16/h9-13,16,25-26H,2-8,14H2,1H3,(H2,27,29,30,31). The van der Waals surface area contributed by atoms with E-state index in [1.54, 1.807) is 10.7 Å². The van der Waals surface area contributed by atoms with Gasteiger partial charge in [0.1, 0.15) is 5.69 Å². The molecule has 184 valence electrons. The van der Waals surface area contributed by atoms with Gasteiger partial charge in [-0.15, -0.1) is 5.10 Å². The second-order valence-electron chi connectivity index (χ2n) is 8.59. The average Bonchev–Trinajstić information content (AvgIpc) is 3.56. The van der Waals surface area contributed by atoms with E-state index in [9.17, 15) is 0 Å². The van der Waals surface area contributed by atoms with E-state index in [1.807, 2.05) is 19.1 Å². The van der Waals surface area contributed by atoms with Crippen molar-refractivity contribution in [2.75, 3.05) is 61.5 Å². The zero-order chi connectivity index (χ0) is 24.4. The molecule has 1 aromatic carbocycles. The van der Waals surface area contributed by atoms with Crippen molar-refractivity contribution < 1.29 is 4.74 Å². The highest BCUT2D eigenvalue weighted by Gasteiger charge is 2.28. The van der Waals surface area contributed by atoms with Crippen molar-refractivity contribution in [3.05, 3.63) is 34.6 Å². The lowest BCUT2D eigenvalue weighted by atomic mass is 10.1. The van der Waals surface area contributed by atoms with Crippen LogP contribution in [0, 0.1) is 10.8 Å². The van der Waals surface area contributed by atoms with E-state index in [4.69, 9.17) is 27.2 Å². The van der Waals surface area contributed by atoms with E-state index in [0.29, 0.717) is 46.4 Å². The fourth-order valence-corrected chi connectivity index (χ4v) is 4.91. The topological polar surface area (TPSA) is 131 Å². The molecule has 1 atom stereocenters. The van der Waals surface area contributed by atoms with Gasteiger partial charge in [0, 0.05) is 57.8 Å². The Kier molecular flexibility index (Phi) is 6.80. The van der Waals surface area contributed by atoms with Crippen molar-refractivity contribution in [3.63, 3.8) is 0 Å². The van der Waals surface area contributed by atoms with Crippen molar-refractivity contribution in [2.45, 2.75) is 19.4 Å². The number of hydrogen-bond donors (Lipinski definition) is 4. The van der Waals surface area contributed by atoms with Gasteiger partial charge in [0.25, 0.3) is 0 Å². The number of piperazine rings is 1. The summed E-state index contributed by atoms with van der Waals surface area (Å²) in [6.07, 6.45) is 5.19. The molecule has 2 saturated heterocycles. The van der Waals surface area contributed by atoms with Gasteiger partial charge in [-0.25, -0.2) is 9.50 Å². The molecule has 4 N–H and O–H groups in total. The molecule has 0 amide bonds. The molecule has 2 fully saturated rings. The highest BCUT2D eigenvalue weighted by molar-refractivity contribution is 6.36. The van der Waals surface area contributed by atoms with Crippen molar-refractivity contribution in [3.8, 4) is 0 Å². The summed E-state index contributed by atoms with van der Waals surface area (Å²) in [5.41, 5.74) is 3.31. The maximum Gasteiger partial charge on any atom is 0.247 e. The summed E-state index contributed by atoms with van der Waals surface area (Å²) in [7, 11) is 0. The normalized spacial score (nSPS) is 18.7. The van der Waals surface area contributed by atoms with Crippen LogP contribution in [0.3, 0.4) is 0 Å². The Hall–Kier alpha value is -3.28. The fourth-order valence-electron chi connectivity index (χ4n) is 4.63. The van der Waals surface area contributed by atoms with Crippen LogP contribution in [0.5, 0.6) is 0 Å². The first-order valence-electron chi connectivity index (χ1n) is 11.8. The maximum absolute atomic E-state index is 7.86. The van der Waals surface area contributed by atoms with Gasteiger partial charge in [-0.3, -0.25) is 4.90 Å². The third-order valence-electron chi connectivity index (χ3n) is 6.45. The lowest BCUT2D eigenvalue weighted by Crippen LogP contribution is -2.50. The SMILES string of the molecule is CCNc1nc(Nc2cc(C=N)cc(N3CCN(C4CCOC4)CC3)c2Cl)nn2c(C=N)cnc12. The summed E-state index contributed by atoms with van der Waals surface area (Å²) in [4.78, 5) is 13.7. The number of imidazole rings is 1. The van der Waals surface area contributed by atoms with Crippen LogP contribution in [-0.2, 0) is 4.74 Å². The third-order valence-corrected chi connectivity index (χ3v) is 6.84. The van der Waals surface area contributed by atoms with Gasteiger partial charge in [-0.05, 0) is 31.0 Å². The predicted octanol–water partition coefficient (Wildman–Crippen LogP) is 2.86. The molecule has 0 aliphatic carbocycles. The van der Waals surface area contributed by atoms with Crippen molar-refractivity contribution in [1.29, 1.82) is 10.8 Å². The zero-order valence-electron chi connectivity index (χ0n) is 19.6. The number of ether oxygens (including phenoxy) is 1. The number of nitrogens with zero attached hydrogens (tertiary/aromatic N) is 6. The molecule has 3 aromatic rings. The summed E-state index contributed by atoms with van der Waals surface area (Å²) in [6.45, 7) is 7.88. The van der Waals surface area contributed by atoms with E-state index < -0.39 is 0 Å². The summed E-state index contributed by atoms with van der Waals surface area (Å²) in [5, 5.41) is 27.0. The Balaban J connectivity index is 1.44. The van der Waals surface area contributed by atoms with Crippen LogP contribution in [0.1, 0.15) is 24.6 Å². The second kappa shape index (κ2) is 10.1. The van der Waals surface area contributed by atoms with E-state index in [1.165, 1.54) is 12.4 Å². The molecule has 0 saturated carbocycles. The fraction of sp³-hybridized carbons (Fsp3) is 0.435. The van der Waals surface area contributed by atoms with E-state index in [2.05, 4.69) is 35.5 Å². The van der Waals surface area contributed by atoms with Crippen LogP contribution in [0.15, 0.2) is 18.3 Å². The molecule has 1 unspecified atom stereocenters. The van der Waals surface area contributed by atoms with Gasteiger partial charge in [0.2, 0.25) is 5.95 Å². The molecule has 2 aliphatic rings. The lowest BCUT2D eigenvalue weighted by Gasteiger charge is -2.39. The highest BCUT2D eigenvalue weighted by Crippen LogP contribution is 2.36. The van der Waals surface area contributed by atoms with Crippen molar-refractivity contribution >= 4 is 52.8 Å². The quantitative estimate of drug-likeness (QED) is 0.350. The predicted molar refractivity (Wildman–Crippen MR) is 138 cm³/mol. The Bertz CT molecular complexity index is 1230. The number of rotatable bonds is 8. The first-order chi connectivity index (χ1) is 17.1. The number of fused-ring (bicyclic) bond motifs is 1. The minimum atomic E-state index is 0.315. The van der Waals surface area contributed by atoms with Gasteiger partial charge in [-0.2, -0.15) is 4.98 Å². The van der Waals surface area contributed by atoms with Crippen molar-refractivity contribution in [2.24, 2.45) is 0 Å². The molecule has 5 rings (SSSR count). The largest absolute Gasteiger partial charge is 0.380 e. The number of hydrogen-bond acceptors (Lipinski definition) is 10. The molecule has 2 aromatic heterocycles. The van der Waals surface area contributed by atoms with Crippen LogP contribution in [0.25, 0.3) is 5.65 Å². The van der Waals surface area contributed by atoms with Gasteiger partial charge < -0.3 is 31.1 Å². The highest BCUT2D eigenvalue weighted by atomic mass is 35.5. The Morgan fingerprint density at radius 3 is 2.71 bits per heavy atom. The van der Waals surface area contributed by atoms with Crippen molar-refractivity contribution in [1.82, 2.24) is 24.5 Å². The van der Waals surface area contributed by atoms with Crippen LogP contribution in [0.2, 0.25) is 5.02 Å². The molecule has 0 bridgehead atoms. The molecular formula is C23H29ClN10O. The molecule has 12 heteroatoms. The lowest BCUT2D eigenvalue weighted by molar-refractivity contribution is 0.139. The number of anilines is 4. The average molecular weight is 497 g/mol. The Morgan fingerprint density at radius 2 is 2.03 bits per heavy atom. The van der Waals surface area contributed by atoms with Crippen LogP contribution < -0.4 is 15.5 Å². The van der Waals surface area contributed by atoms with Gasteiger partial charge >= 0.3 is 0 Å². The molecule has 0 radical (unpaired) electrons. The summed E-state index contributed by atoms with van der Waals surface area (Å²) in [5.74, 6) is 0.875. The van der Waals surface area contributed by atoms with Crippen LogP contribution in [0.4, 0.5) is 23.1 Å². The van der Waals surface area contributed by atoms with E-state index in [-0.39, 0.29) is 0 Å². The zero-order valence-corrected chi connectivity index (χ0v) is 20.3. The smallest absolute Gasteiger partial charge is 0.247 e. The summed E-state index contributed by atoms with van der Waals surface area (Å²) in [6, 6.07) is 4.27. The van der Waals surface area contributed by atoms with Gasteiger partial charge in [0.15, 0.2) is 11.5 Å². The Labute approximate surface area is 208 Å². The number of halogens is 1. The third kappa shape index (κ3) is 4.66. The molecule has 2 aliphatic heterocycles. The molecule has 35 heavy (non-hydrogen) atoms. The van der Waals surface area contributed by atoms with E-state index >= 15 is 0 Å². The minimum Gasteiger partial charge on any atom is -0.380 e. The first kappa shape index (κ1) is 23.5. The molecular weight excluding hydrogens is 468 g/mol. The number of nitrogens with one attached hydrogen (secondary N) is 4. The number of aromatic nitrogens is 4. The van der Waals surface area contributed by atoms with E-state index in [0.717, 1.165) is 57.1 Å². The van der Waals surface area contributed by atoms with Gasteiger partial charge in [0.05, 0.1) is 29.2 Å². The Morgan fingerprint density at radius 1 is 1.20 bits per heavy atom. The second-order valence-corrected chi connectivity index (χ2v) is 8.97. The number of benzene rings is 1. The summed E-state index contributed by atoms with van der Waals surface area (Å²) >= 11 is 6.90. The van der Waals surface area contributed by atoms with Crippen LogP contribution in [-0.4, -0.2) is 88.9 Å². The molecule has 11 nitrogen and oxygen atoms in total. The molecule has 0 spiro atoms. The molecule has 4 heterocycles. The van der Waals surface area contributed by atoms with Crippen LogP contribution >= 0.6 is 11.6 Å². The monoisotopic (exact) mass is 496 g/mol.